The molecule has 4 nitrogen and oxygen atoms in total. The molecule has 0 amide bonds. The van der Waals surface area contributed by atoms with E-state index in [-0.39, 0.29) is 11.7 Å². The molecule has 1 atom stereocenters. The van der Waals surface area contributed by atoms with E-state index < -0.39 is 11.6 Å². The number of benzene rings is 2. The average molecular weight is 405 g/mol. The standard InChI is InChI=1S/C25H24FNO3/c1-14-15(2)23-20(16(3)22(14)29-24(28)18-7-6-12-27-13-18)21(25(4,5)30-23)17-8-10-19(26)11-9-17/h6-13,21H,1-5H3. The summed E-state index contributed by atoms with van der Waals surface area (Å²) in [6, 6.07) is 9.87. The summed E-state index contributed by atoms with van der Waals surface area (Å²) in [5.41, 5.74) is 4.43. The molecule has 0 radical (unpaired) electrons. The van der Waals surface area contributed by atoms with E-state index in [2.05, 4.69) is 4.98 Å². The average Bonchev–Trinajstić information content (AvgIpc) is 3.02. The molecular formula is C25H24FNO3. The van der Waals surface area contributed by atoms with Crippen LogP contribution in [0.5, 0.6) is 11.5 Å². The van der Waals surface area contributed by atoms with Crippen molar-refractivity contribution in [1.29, 1.82) is 0 Å². The second-order valence-corrected chi connectivity index (χ2v) is 8.27. The summed E-state index contributed by atoms with van der Waals surface area (Å²) in [5, 5.41) is 0. The van der Waals surface area contributed by atoms with E-state index in [9.17, 15) is 9.18 Å². The molecule has 154 valence electrons. The van der Waals surface area contributed by atoms with Crippen LogP contribution in [0, 0.1) is 26.6 Å². The predicted octanol–water partition coefficient (Wildman–Crippen LogP) is 5.67. The molecule has 4 rings (SSSR count). The van der Waals surface area contributed by atoms with Gasteiger partial charge in [0.2, 0.25) is 0 Å². The molecule has 2 aromatic carbocycles. The third-order valence-corrected chi connectivity index (χ3v) is 5.88. The third kappa shape index (κ3) is 3.24. The summed E-state index contributed by atoms with van der Waals surface area (Å²) in [6.45, 7) is 9.89. The fraction of sp³-hybridized carbons (Fsp3) is 0.280. The van der Waals surface area contributed by atoms with Crippen LogP contribution in [0.1, 0.15) is 57.9 Å². The lowest BCUT2D eigenvalue weighted by Crippen LogP contribution is -2.31. The van der Waals surface area contributed by atoms with Gasteiger partial charge in [0.15, 0.2) is 0 Å². The first-order valence-electron chi connectivity index (χ1n) is 9.91. The molecule has 0 bridgehead atoms. The number of ether oxygens (including phenoxy) is 2. The zero-order valence-electron chi connectivity index (χ0n) is 17.7. The Kier molecular flexibility index (Phi) is 4.85. The lowest BCUT2D eigenvalue weighted by atomic mass is 9.78. The van der Waals surface area contributed by atoms with Gasteiger partial charge in [-0.15, -0.1) is 0 Å². The molecule has 0 N–H and O–H groups in total. The minimum absolute atomic E-state index is 0.122. The van der Waals surface area contributed by atoms with Crippen LogP contribution in [0.25, 0.3) is 0 Å². The van der Waals surface area contributed by atoms with E-state index in [0.717, 1.165) is 33.6 Å². The summed E-state index contributed by atoms with van der Waals surface area (Å²) >= 11 is 0. The predicted molar refractivity (Wildman–Crippen MR) is 113 cm³/mol. The Hall–Kier alpha value is -3.21. The molecule has 0 fully saturated rings. The zero-order valence-corrected chi connectivity index (χ0v) is 17.7. The molecular weight excluding hydrogens is 381 g/mol. The zero-order chi connectivity index (χ0) is 21.6. The molecule has 1 aliphatic rings. The maximum absolute atomic E-state index is 13.5. The number of aromatic nitrogens is 1. The number of rotatable bonds is 3. The number of carbonyl (C=O) groups is 1. The highest BCUT2D eigenvalue weighted by Gasteiger charge is 2.45. The Morgan fingerprint density at radius 3 is 2.40 bits per heavy atom. The van der Waals surface area contributed by atoms with Gasteiger partial charge in [0.1, 0.15) is 22.9 Å². The van der Waals surface area contributed by atoms with Gasteiger partial charge in [-0.1, -0.05) is 12.1 Å². The Bertz CT molecular complexity index is 1120. The first-order chi connectivity index (χ1) is 14.2. The van der Waals surface area contributed by atoms with Gasteiger partial charge in [-0.3, -0.25) is 4.98 Å². The highest BCUT2D eigenvalue weighted by Crippen LogP contribution is 2.54. The number of halogens is 1. The SMILES string of the molecule is Cc1c(C)c2c(c(C)c1OC(=O)c1cccnc1)C(c1ccc(F)cc1)C(C)(C)O2. The summed E-state index contributed by atoms with van der Waals surface area (Å²) < 4.78 is 25.8. The molecule has 0 saturated heterocycles. The van der Waals surface area contributed by atoms with Crippen molar-refractivity contribution in [3.05, 3.63) is 88.0 Å². The number of hydrogen-bond donors (Lipinski definition) is 0. The van der Waals surface area contributed by atoms with Crippen LogP contribution >= 0.6 is 0 Å². The van der Waals surface area contributed by atoms with Gasteiger partial charge >= 0.3 is 5.97 Å². The van der Waals surface area contributed by atoms with Gasteiger partial charge in [0, 0.05) is 18.0 Å². The van der Waals surface area contributed by atoms with E-state index in [1.807, 2.05) is 34.6 Å². The molecule has 3 aromatic rings. The highest BCUT2D eigenvalue weighted by molar-refractivity contribution is 5.91. The van der Waals surface area contributed by atoms with E-state index in [1.54, 1.807) is 30.5 Å². The molecule has 30 heavy (non-hydrogen) atoms. The van der Waals surface area contributed by atoms with Crippen molar-refractivity contribution in [1.82, 2.24) is 4.98 Å². The summed E-state index contributed by atoms with van der Waals surface area (Å²) in [6.07, 6.45) is 3.10. The van der Waals surface area contributed by atoms with E-state index in [1.165, 1.54) is 18.3 Å². The van der Waals surface area contributed by atoms with Crippen molar-refractivity contribution in [3.8, 4) is 11.5 Å². The molecule has 1 aliphatic heterocycles. The Morgan fingerprint density at radius 1 is 1.07 bits per heavy atom. The molecule has 0 saturated carbocycles. The number of fused-ring (bicyclic) bond motifs is 1. The maximum atomic E-state index is 13.5. The van der Waals surface area contributed by atoms with Crippen LogP contribution in [0.2, 0.25) is 0 Å². The number of hydrogen-bond acceptors (Lipinski definition) is 4. The molecule has 5 heteroatoms. The van der Waals surface area contributed by atoms with Crippen molar-refractivity contribution in [2.45, 2.75) is 46.1 Å². The maximum Gasteiger partial charge on any atom is 0.345 e. The van der Waals surface area contributed by atoms with Crippen molar-refractivity contribution >= 4 is 5.97 Å². The van der Waals surface area contributed by atoms with Crippen LogP contribution in [0.15, 0.2) is 48.8 Å². The second kappa shape index (κ2) is 7.24. The number of esters is 1. The Morgan fingerprint density at radius 2 is 1.77 bits per heavy atom. The van der Waals surface area contributed by atoms with Crippen LogP contribution < -0.4 is 9.47 Å². The van der Waals surface area contributed by atoms with Crippen LogP contribution in [0.3, 0.4) is 0 Å². The fourth-order valence-electron chi connectivity index (χ4n) is 4.28. The molecule has 1 aromatic heterocycles. The van der Waals surface area contributed by atoms with Crippen molar-refractivity contribution in [2.75, 3.05) is 0 Å². The minimum atomic E-state index is -0.534. The highest BCUT2D eigenvalue weighted by atomic mass is 19.1. The Labute approximate surface area is 175 Å². The summed E-state index contributed by atoms with van der Waals surface area (Å²) in [7, 11) is 0. The van der Waals surface area contributed by atoms with Gasteiger partial charge in [-0.25, -0.2) is 9.18 Å². The van der Waals surface area contributed by atoms with Crippen LogP contribution in [0.4, 0.5) is 4.39 Å². The monoisotopic (exact) mass is 405 g/mol. The smallest absolute Gasteiger partial charge is 0.345 e. The van der Waals surface area contributed by atoms with E-state index in [4.69, 9.17) is 9.47 Å². The lowest BCUT2D eigenvalue weighted by molar-refractivity contribution is 0.0731. The number of nitrogens with zero attached hydrogens (tertiary/aromatic N) is 1. The summed E-state index contributed by atoms with van der Waals surface area (Å²) in [4.78, 5) is 16.7. The van der Waals surface area contributed by atoms with Gasteiger partial charge in [-0.05, 0) is 81.1 Å². The van der Waals surface area contributed by atoms with Gasteiger partial charge in [0.05, 0.1) is 11.5 Å². The molecule has 2 heterocycles. The van der Waals surface area contributed by atoms with Crippen LogP contribution in [-0.2, 0) is 0 Å². The van der Waals surface area contributed by atoms with Gasteiger partial charge < -0.3 is 9.47 Å². The molecule has 1 unspecified atom stereocenters. The van der Waals surface area contributed by atoms with Gasteiger partial charge in [0.25, 0.3) is 0 Å². The topological polar surface area (TPSA) is 48.4 Å². The Balaban J connectivity index is 1.85. The van der Waals surface area contributed by atoms with E-state index >= 15 is 0 Å². The quantitative estimate of drug-likeness (QED) is 0.416. The second-order valence-electron chi connectivity index (χ2n) is 8.27. The molecule has 0 aliphatic carbocycles. The lowest BCUT2D eigenvalue weighted by Gasteiger charge is -2.27. The number of pyridine rings is 1. The summed E-state index contributed by atoms with van der Waals surface area (Å²) in [5.74, 6) is 0.492. The first kappa shape index (κ1) is 20.1. The molecule has 0 spiro atoms. The first-order valence-corrected chi connectivity index (χ1v) is 9.91. The third-order valence-electron chi connectivity index (χ3n) is 5.88. The fourth-order valence-corrected chi connectivity index (χ4v) is 4.28. The van der Waals surface area contributed by atoms with Crippen molar-refractivity contribution in [3.63, 3.8) is 0 Å². The van der Waals surface area contributed by atoms with Crippen molar-refractivity contribution in [2.24, 2.45) is 0 Å². The minimum Gasteiger partial charge on any atom is -0.486 e. The van der Waals surface area contributed by atoms with Gasteiger partial charge in [-0.2, -0.15) is 0 Å². The normalized spacial score (nSPS) is 16.7. The van der Waals surface area contributed by atoms with E-state index in [0.29, 0.717) is 11.3 Å². The van der Waals surface area contributed by atoms with Crippen LogP contribution in [-0.4, -0.2) is 16.6 Å². The number of carbonyl (C=O) groups excluding carboxylic acids is 1. The van der Waals surface area contributed by atoms with Crippen molar-refractivity contribution < 1.29 is 18.7 Å². The largest absolute Gasteiger partial charge is 0.486 e.